The Morgan fingerprint density at radius 3 is 2.89 bits per heavy atom. The molecule has 3 heteroatoms. The van der Waals surface area contributed by atoms with Crippen molar-refractivity contribution < 1.29 is 4.79 Å². The first kappa shape index (κ1) is 10.4. The number of piperidine rings is 1. The van der Waals surface area contributed by atoms with E-state index in [9.17, 15) is 4.79 Å². The van der Waals surface area contributed by atoms with Crippen molar-refractivity contribution >= 4 is 11.6 Å². The number of carbonyl (C=O) groups excluding carboxylic acids is 1. The molecule has 3 atom stereocenters. The molecule has 0 aromatic heterocycles. The molecule has 1 saturated carbocycles. The maximum Gasteiger partial charge on any atom is 0.245 e. The number of amides is 1. The molecule has 2 heterocycles. The van der Waals surface area contributed by atoms with Crippen LogP contribution in [0.25, 0.3) is 0 Å². The average molecular weight is 242 g/mol. The van der Waals surface area contributed by atoms with Gasteiger partial charge in [-0.15, -0.1) is 0 Å². The molecule has 3 nitrogen and oxygen atoms in total. The average Bonchev–Trinajstić information content (AvgIpc) is 3.11. The number of likely N-dealkylation sites (tertiary alicyclic amines) is 1. The molecule has 1 saturated heterocycles. The standard InChI is InChI=1S/C15H18N2O/c18-15(17-9-10-5-6-12(17)7-10)14-8-11-3-1-2-4-13(11)16-14/h1-4,10,12,14,16H,5-9H2/t10?,12?,14-/m0/s1. The van der Waals surface area contributed by atoms with Crippen molar-refractivity contribution in [3.63, 3.8) is 0 Å². The molecule has 3 aliphatic rings. The minimum absolute atomic E-state index is 0.0262. The first-order chi connectivity index (χ1) is 8.81. The van der Waals surface area contributed by atoms with E-state index in [1.165, 1.54) is 24.8 Å². The Morgan fingerprint density at radius 1 is 1.28 bits per heavy atom. The quantitative estimate of drug-likeness (QED) is 0.817. The van der Waals surface area contributed by atoms with Gasteiger partial charge in [0.1, 0.15) is 6.04 Å². The minimum atomic E-state index is -0.0262. The normalized spacial score (nSPS) is 32.4. The van der Waals surface area contributed by atoms with E-state index in [-0.39, 0.29) is 6.04 Å². The Balaban J connectivity index is 1.51. The topological polar surface area (TPSA) is 32.3 Å². The van der Waals surface area contributed by atoms with Gasteiger partial charge in [-0.05, 0) is 36.8 Å². The number of benzene rings is 1. The van der Waals surface area contributed by atoms with Crippen molar-refractivity contribution in [2.24, 2.45) is 5.92 Å². The van der Waals surface area contributed by atoms with Crippen molar-refractivity contribution in [1.29, 1.82) is 0 Å². The fraction of sp³-hybridized carbons (Fsp3) is 0.533. The number of hydrogen-bond donors (Lipinski definition) is 1. The predicted molar refractivity (Wildman–Crippen MR) is 70.4 cm³/mol. The van der Waals surface area contributed by atoms with Gasteiger partial charge in [-0.1, -0.05) is 18.2 Å². The molecule has 18 heavy (non-hydrogen) atoms. The number of carbonyl (C=O) groups is 1. The second-order valence-electron chi connectivity index (χ2n) is 5.88. The molecule has 2 fully saturated rings. The van der Waals surface area contributed by atoms with Crippen molar-refractivity contribution in [3.8, 4) is 0 Å². The number of rotatable bonds is 1. The molecular weight excluding hydrogens is 224 g/mol. The first-order valence-electron chi connectivity index (χ1n) is 6.96. The molecule has 4 rings (SSSR count). The zero-order valence-corrected chi connectivity index (χ0v) is 10.4. The number of para-hydroxylation sites is 1. The molecular formula is C15H18N2O. The molecule has 0 spiro atoms. The summed E-state index contributed by atoms with van der Waals surface area (Å²) < 4.78 is 0. The monoisotopic (exact) mass is 242 g/mol. The van der Waals surface area contributed by atoms with Crippen LogP contribution in [0.2, 0.25) is 0 Å². The zero-order chi connectivity index (χ0) is 12.1. The number of nitrogens with one attached hydrogen (secondary N) is 1. The fourth-order valence-electron chi connectivity index (χ4n) is 3.84. The van der Waals surface area contributed by atoms with Crippen LogP contribution >= 0.6 is 0 Å². The van der Waals surface area contributed by atoms with Crippen molar-refractivity contribution in [3.05, 3.63) is 29.8 Å². The van der Waals surface area contributed by atoms with E-state index in [1.54, 1.807) is 0 Å². The van der Waals surface area contributed by atoms with Crippen LogP contribution in [0.5, 0.6) is 0 Å². The van der Waals surface area contributed by atoms with Gasteiger partial charge in [-0.25, -0.2) is 0 Å². The second-order valence-corrected chi connectivity index (χ2v) is 5.88. The molecule has 94 valence electrons. The molecule has 1 aromatic rings. The van der Waals surface area contributed by atoms with Crippen LogP contribution in [0.3, 0.4) is 0 Å². The lowest BCUT2D eigenvalue weighted by molar-refractivity contribution is -0.133. The number of hydrogen-bond acceptors (Lipinski definition) is 2. The lowest BCUT2D eigenvalue weighted by atomic mass is 10.1. The van der Waals surface area contributed by atoms with E-state index in [0.717, 1.165) is 24.6 Å². The highest BCUT2D eigenvalue weighted by Crippen LogP contribution is 2.38. The van der Waals surface area contributed by atoms with Crippen LogP contribution < -0.4 is 5.32 Å². The number of fused-ring (bicyclic) bond motifs is 3. The summed E-state index contributed by atoms with van der Waals surface area (Å²) in [6.45, 7) is 0.998. The Labute approximate surface area is 107 Å². The van der Waals surface area contributed by atoms with Gasteiger partial charge < -0.3 is 10.2 Å². The molecule has 1 aliphatic carbocycles. The predicted octanol–water partition coefficient (Wildman–Crippen LogP) is 2.03. The van der Waals surface area contributed by atoms with E-state index in [4.69, 9.17) is 0 Å². The number of anilines is 1. The Morgan fingerprint density at radius 2 is 2.17 bits per heavy atom. The minimum Gasteiger partial charge on any atom is -0.373 e. The molecule has 1 N–H and O–H groups in total. The van der Waals surface area contributed by atoms with Gasteiger partial charge in [-0.2, -0.15) is 0 Å². The second kappa shape index (κ2) is 3.74. The number of nitrogens with zero attached hydrogens (tertiary/aromatic N) is 1. The highest BCUT2D eigenvalue weighted by molar-refractivity contribution is 5.88. The van der Waals surface area contributed by atoms with Crippen molar-refractivity contribution in [2.45, 2.75) is 37.8 Å². The summed E-state index contributed by atoms with van der Waals surface area (Å²) in [7, 11) is 0. The Bertz CT molecular complexity index is 474. The van der Waals surface area contributed by atoms with Gasteiger partial charge in [-0.3, -0.25) is 4.79 Å². The third-order valence-corrected chi connectivity index (χ3v) is 4.76. The summed E-state index contributed by atoms with van der Waals surface area (Å²) >= 11 is 0. The van der Waals surface area contributed by atoms with Gasteiger partial charge in [0.2, 0.25) is 5.91 Å². The van der Waals surface area contributed by atoms with E-state index >= 15 is 0 Å². The Hall–Kier alpha value is -1.51. The molecule has 2 unspecified atom stereocenters. The van der Waals surface area contributed by atoms with Crippen molar-refractivity contribution in [1.82, 2.24) is 4.90 Å². The van der Waals surface area contributed by atoms with Gasteiger partial charge in [0.25, 0.3) is 0 Å². The molecule has 1 amide bonds. The summed E-state index contributed by atoms with van der Waals surface area (Å²) in [6.07, 6.45) is 4.64. The third kappa shape index (κ3) is 1.46. The van der Waals surface area contributed by atoms with E-state index in [0.29, 0.717) is 11.9 Å². The lowest BCUT2D eigenvalue weighted by Crippen LogP contribution is -2.45. The van der Waals surface area contributed by atoms with Gasteiger partial charge in [0.05, 0.1) is 0 Å². The van der Waals surface area contributed by atoms with Gasteiger partial charge in [0, 0.05) is 24.7 Å². The molecule has 1 aromatic carbocycles. The van der Waals surface area contributed by atoms with Crippen LogP contribution in [0, 0.1) is 5.92 Å². The van der Waals surface area contributed by atoms with Crippen LogP contribution in [-0.4, -0.2) is 29.4 Å². The van der Waals surface area contributed by atoms with Gasteiger partial charge in [0.15, 0.2) is 0 Å². The highest BCUT2D eigenvalue weighted by atomic mass is 16.2. The third-order valence-electron chi connectivity index (χ3n) is 4.76. The van der Waals surface area contributed by atoms with Crippen LogP contribution in [-0.2, 0) is 11.2 Å². The largest absolute Gasteiger partial charge is 0.373 e. The van der Waals surface area contributed by atoms with Crippen molar-refractivity contribution in [2.75, 3.05) is 11.9 Å². The molecule has 2 bridgehead atoms. The van der Waals surface area contributed by atoms with Crippen LogP contribution in [0.1, 0.15) is 24.8 Å². The Kier molecular flexibility index (Phi) is 2.16. The summed E-state index contributed by atoms with van der Waals surface area (Å²) in [4.78, 5) is 14.7. The summed E-state index contributed by atoms with van der Waals surface area (Å²) in [6, 6.07) is 8.77. The maximum atomic E-state index is 12.6. The SMILES string of the molecule is O=C([C@@H]1Cc2ccccc2N1)N1CC2CCC1C2. The summed E-state index contributed by atoms with van der Waals surface area (Å²) in [5.74, 6) is 1.10. The maximum absolute atomic E-state index is 12.6. The van der Waals surface area contributed by atoms with E-state index in [1.807, 2.05) is 12.1 Å². The van der Waals surface area contributed by atoms with Crippen LogP contribution in [0.4, 0.5) is 5.69 Å². The molecule has 0 radical (unpaired) electrons. The summed E-state index contributed by atoms with van der Waals surface area (Å²) in [5, 5.41) is 3.38. The molecule has 2 aliphatic heterocycles. The van der Waals surface area contributed by atoms with Crippen LogP contribution in [0.15, 0.2) is 24.3 Å². The fourth-order valence-corrected chi connectivity index (χ4v) is 3.84. The smallest absolute Gasteiger partial charge is 0.245 e. The zero-order valence-electron chi connectivity index (χ0n) is 10.4. The van der Waals surface area contributed by atoms with Gasteiger partial charge >= 0.3 is 0 Å². The van der Waals surface area contributed by atoms with E-state index < -0.39 is 0 Å². The lowest BCUT2D eigenvalue weighted by Gasteiger charge is -2.29. The van der Waals surface area contributed by atoms with E-state index in [2.05, 4.69) is 22.3 Å². The highest BCUT2D eigenvalue weighted by Gasteiger charge is 2.42. The summed E-state index contributed by atoms with van der Waals surface area (Å²) in [5.41, 5.74) is 2.42. The first-order valence-corrected chi connectivity index (χ1v) is 6.96.